The zero-order valence-electron chi connectivity index (χ0n) is 12.2. The van der Waals surface area contributed by atoms with Crippen LogP contribution in [0.1, 0.15) is 46.5 Å². The maximum absolute atomic E-state index is 13.0. The van der Waals surface area contributed by atoms with Crippen LogP contribution in [0.3, 0.4) is 0 Å². The van der Waals surface area contributed by atoms with Crippen LogP contribution in [0, 0.1) is 0 Å². The molecule has 2 aromatic heterocycles. The van der Waals surface area contributed by atoms with E-state index < -0.39 is 0 Å². The van der Waals surface area contributed by atoms with Gasteiger partial charge in [0.05, 0.1) is 5.56 Å². The van der Waals surface area contributed by atoms with E-state index in [1.807, 2.05) is 28.4 Å². The minimum atomic E-state index is 0.260. The average Bonchev–Trinajstić information content (AvgIpc) is 3.25. The Kier molecular flexibility index (Phi) is 3.34. The summed E-state index contributed by atoms with van der Waals surface area (Å²) < 4.78 is 2.12. The lowest BCUT2D eigenvalue weighted by Crippen LogP contribution is -2.29. The SMILES string of the molecule is O=C(c1c(-n2cccc2)sc2c1CCCC2)N1CCCC1. The van der Waals surface area contributed by atoms with Crippen LogP contribution in [0.4, 0.5) is 0 Å². The van der Waals surface area contributed by atoms with Crippen LogP contribution in [0.25, 0.3) is 5.00 Å². The molecule has 4 rings (SSSR count). The third-order valence-corrected chi connectivity index (χ3v) is 5.90. The van der Waals surface area contributed by atoms with E-state index in [-0.39, 0.29) is 5.91 Å². The number of fused-ring (bicyclic) bond motifs is 1. The molecule has 110 valence electrons. The Bertz CT molecular complexity index is 651. The fraction of sp³-hybridized carbons (Fsp3) is 0.471. The Morgan fingerprint density at radius 1 is 1.00 bits per heavy atom. The summed E-state index contributed by atoms with van der Waals surface area (Å²) in [4.78, 5) is 16.5. The van der Waals surface area contributed by atoms with Crippen LogP contribution >= 0.6 is 11.3 Å². The predicted octanol–water partition coefficient (Wildman–Crippen LogP) is 3.65. The second kappa shape index (κ2) is 5.34. The molecule has 1 saturated heterocycles. The highest BCUT2D eigenvalue weighted by molar-refractivity contribution is 7.15. The van der Waals surface area contributed by atoms with E-state index in [9.17, 15) is 4.79 Å². The molecule has 0 saturated carbocycles. The quantitative estimate of drug-likeness (QED) is 0.831. The van der Waals surface area contributed by atoms with Gasteiger partial charge in [-0.3, -0.25) is 4.79 Å². The highest BCUT2D eigenvalue weighted by atomic mass is 32.1. The van der Waals surface area contributed by atoms with Gasteiger partial charge in [-0.25, -0.2) is 0 Å². The monoisotopic (exact) mass is 300 g/mol. The summed E-state index contributed by atoms with van der Waals surface area (Å²) in [6.45, 7) is 1.85. The summed E-state index contributed by atoms with van der Waals surface area (Å²) in [7, 11) is 0. The van der Waals surface area contributed by atoms with E-state index in [0.29, 0.717) is 0 Å². The number of hydrogen-bond acceptors (Lipinski definition) is 2. The van der Waals surface area contributed by atoms with Gasteiger partial charge < -0.3 is 9.47 Å². The van der Waals surface area contributed by atoms with Crippen LogP contribution in [0.2, 0.25) is 0 Å². The molecule has 0 spiro atoms. The van der Waals surface area contributed by atoms with E-state index in [2.05, 4.69) is 17.0 Å². The maximum atomic E-state index is 13.0. The van der Waals surface area contributed by atoms with Gasteiger partial charge >= 0.3 is 0 Å². The molecular weight excluding hydrogens is 280 g/mol. The van der Waals surface area contributed by atoms with Crippen molar-refractivity contribution in [3.8, 4) is 5.00 Å². The molecule has 0 aromatic carbocycles. The number of rotatable bonds is 2. The van der Waals surface area contributed by atoms with Crippen molar-refractivity contribution in [2.45, 2.75) is 38.5 Å². The Morgan fingerprint density at radius 2 is 1.71 bits per heavy atom. The molecule has 4 heteroatoms. The van der Waals surface area contributed by atoms with Crippen molar-refractivity contribution in [2.24, 2.45) is 0 Å². The van der Waals surface area contributed by atoms with Gasteiger partial charge in [-0.05, 0) is 56.2 Å². The molecule has 1 aliphatic heterocycles. The van der Waals surface area contributed by atoms with Crippen LogP contribution in [0.15, 0.2) is 24.5 Å². The second-order valence-corrected chi connectivity index (χ2v) is 7.06. The van der Waals surface area contributed by atoms with Gasteiger partial charge in [-0.2, -0.15) is 0 Å². The number of amides is 1. The molecule has 0 unspecified atom stereocenters. The van der Waals surface area contributed by atoms with Crippen molar-refractivity contribution < 1.29 is 4.79 Å². The lowest BCUT2D eigenvalue weighted by molar-refractivity contribution is 0.0792. The molecule has 1 amide bonds. The summed E-state index contributed by atoms with van der Waals surface area (Å²) in [5.41, 5.74) is 2.33. The molecule has 0 bridgehead atoms. The highest BCUT2D eigenvalue weighted by Crippen LogP contribution is 2.37. The first kappa shape index (κ1) is 13.1. The predicted molar refractivity (Wildman–Crippen MR) is 85.4 cm³/mol. The van der Waals surface area contributed by atoms with Crippen molar-refractivity contribution in [3.63, 3.8) is 0 Å². The lowest BCUT2D eigenvalue weighted by Gasteiger charge is -2.18. The van der Waals surface area contributed by atoms with Gasteiger partial charge in [-0.15, -0.1) is 11.3 Å². The van der Waals surface area contributed by atoms with Gasteiger partial charge in [0.2, 0.25) is 0 Å². The number of likely N-dealkylation sites (tertiary alicyclic amines) is 1. The van der Waals surface area contributed by atoms with Gasteiger partial charge in [0.25, 0.3) is 5.91 Å². The molecule has 3 nitrogen and oxygen atoms in total. The Morgan fingerprint density at radius 3 is 2.48 bits per heavy atom. The molecule has 0 radical (unpaired) electrons. The van der Waals surface area contributed by atoms with Crippen molar-refractivity contribution in [1.29, 1.82) is 0 Å². The van der Waals surface area contributed by atoms with Gasteiger partial charge in [0.1, 0.15) is 5.00 Å². The normalized spacial score (nSPS) is 18.0. The molecule has 2 aliphatic rings. The smallest absolute Gasteiger partial charge is 0.257 e. The highest BCUT2D eigenvalue weighted by Gasteiger charge is 2.30. The van der Waals surface area contributed by atoms with Crippen LogP contribution < -0.4 is 0 Å². The van der Waals surface area contributed by atoms with E-state index in [1.54, 1.807) is 0 Å². The first-order valence-electron chi connectivity index (χ1n) is 7.92. The minimum absolute atomic E-state index is 0.260. The zero-order valence-corrected chi connectivity index (χ0v) is 13.0. The van der Waals surface area contributed by atoms with Crippen molar-refractivity contribution in [1.82, 2.24) is 9.47 Å². The molecule has 0 N–H and O–H groups in total. The number of carbonyl (C=O) groups excluding carboxylic acids is 1. The molecular formula is C17H20N2OS. The Balaban J connectivity index is 1.82. The van der Waals surface area contributed by atoms with Gasteiger partial charge in [-0.1, -0.05) is 0 Å². The largest absolute Gasteiger partial charge is 0.339 e. The van der Waals surface area contributed by atoms with E-state index in [4.69, 9.17) is 0 Å². The average molecular weight is 300 g/mol. The fourth-order valence-corrected chi connectivity index (χ4v) is 4.85. The van der Waals surface area contributed by atoms with Crippen molar-refractivity contribution in [2.75, 3.05) is 13.1 Å². The third-order valence-electron chi connectivity index (χ3n) is 4.60. The third kappa shape index (κ3) is 2.22. The number of aryl methyl sites for hydroxylation is 1. The fourth-order valence-electron chi connectivity index (χ4n) is 3.50. The van der Waals surface area contributed by atoms with Crippen molar-refractivity contribution >= 4 is 17.2 Å². The number of hydrogen-bond donors (Lipinski definition) is 0. The topological polar surface area (TPSA) is 25.2 Å². The van der Waals surface area contributed by atoms with E-state index >= 15 is 0 Å². The van der Waals surface area contributed by atoms with Crippen LogP contribution in [-0.2, 0) is 12.8 Å². The Labute approximate surface area is 129 Å². The van der Waals surface area contributed by atoms with Gasteiger partial charge in [0, 0.05) is 30.4 Å². The summed E-state index contributed by atoms with van der Waals surface area (Å²) in [6, 6.07) is 4.06. The number of thiophene rings is 1. The molecule has 2 aromatic rings. The first-order valence-corrected chi connectivity index (χ1v) is 8.73. The van der Waals surface area contributed by atoms with Crippen LogP contribution in [-0.4, -0.2) is 28.5 Å². The summed E-state index contributed by atoms with van der Waals surface area (Å²) in [6.07, 6.45) is 11.1. The first-order chi connectivity index (χ1) is 10.3. The molecule has 1 fully saturated rings. The summed E-state index contributed by atoms with van der Waals surface area (Å²) in [5, 5.41) is 1.13. The zero-order chi connectivity index (χ0) is 14.2. The van der Waals surface area contributed by atoms with Crippen LogP contribution in [0.5, 0.6) is 0 Å². The minimum Gasteiger partial charge on any atom is -0.339 e. The molecule has 21 heavy (non-hydrogen) atoms. The maximum Gasteiger partial charge on any atom is 0.257 e. The number of aromatic nitrogens is 1. The van der Waals surface area contributed by atoms with E-state index in [0.717, 1.165) is 49.3 Å². The molecule has 0 atom stereocenters. The Hall–Kier alpha value is -1.55. The standard InChI is InChI=1S/C17H20N2OS/c20-16(18-9-3-4-10-18)15-13-7-1-2-8-14(13)21-17(15)19-11-5-6-12-19/h5-6,11-12H,1-4,7-10H2. The molecule has 1 aliphatic carbocycles. The van der Waals surface area contributed by atoms with E-state index in [1.165, 1.54) is 23.3 Å². The summed E-state index contributed by atoms with van der Waals surface area (Å²) >= 11 is 1.82. The number of carbonyl (C=O) groups is 1. The summed E-state index contributed by atoms with van der Waals surface area (Å²) in [5.74, 6) is 0.260. The lowest BCUT2D eigenvalue weighted by atomic mass is 9.95. The number of nitrogens with zero attached hydrogens (tertiary/aromatic N) is 2. The van der Waals surface area contributed by atoms with Crippen molar-refractivity contribution in [3.05, 3.63) is 40.5 Å². The second-order valence-electron chi connectivity index (χ2n) is 5.98. The van der Waals surface area contributed by atoms with Gasteiger partial charge in [0.15, 0.2) is 0 Å². The molecule has 3 heterocycles.